The second kappa shape index (κ2) is 5.38. The predicted octanol–water partition coefficient (Wildman–Crippen LogP) is 2.24. The van der Waals surface area contributed by atoms with Crippen molar-refractivity contribution in [3.05, 3.63) is 29.6 Å². The van der Waals surface area contributed by atoms with Crippen LogP contribution in [0.4, 0.5) is 10.1 Å². The Kier molecular flexibility index (Phi) is 3.84. The Morgan fingerprint density at radius 2 is 2.28 bits per heavy atom. The second-order valence-electron chi connectivity index (χ2n) is 4.92. The molecule has 3 nitrogen and oxygen atoms in total. The molecule has 0 saturated carbocycles. The van der Waals surface area contributed by atoms with Crippen LogP contribution in [0.3, 0.4) is 0 Å². The molecule has 1 amide bonds. The Morgan fingerprint density at radius 1 is 1.50 bits per heavy atom. The SMILES string of the molecule is CC(=O)NC1CCCN(c2ccc(F)cc2C)C1. The highest BCUT2D eigenvalue weighted by Crippen LogP contribution is 2.24. The van der Waals surface area contributed by atoms with Gasteiger partial charge < -0.3 is 10.2 Å². The molecule has 1 unspecified atom stereocenters. The van der Waals surface area contributed by atoms with E-state index < -0.39 is 0 Å². The molecule has 1 saturated heterocycles. The number of rotatable bonds is 2. The van der Waals surface area contributed by atoms with E-state index in [0.717, 1.165) is 37.2 Å². The van der Waals surface area contributed by atoms with Crippen LogP contribution in [0.15, 0.2) is 18.2 Å². The molecule has 18 heavy (non-hydrogen) atoms. The Labute approximate surface area is 107 Å². The lowest BCUT2D eigenvalue weighted by Gasteiger charge is -2.35. The lowest BCUT2D eigenvalue weighted by Crippen LogP contribution is -2.47. The lowest BCUT2D eigenvalue weighted by atomic mass is 10.0. The number of piperidine rings is 1. The summed E-state index contributed by atoms with van der Waals surface area (Å²) in [7, 11) is 0. The van der Waals surface area contributed by atoms with Crippen molar-refractivity contribution in [1.82, 2.24) is 5.32 Å². The zero-order chi connectivity index (χ0) is 13.1. The van der Waals surface area contributed by atoms with E-state index in [2.05, 4.69) is 10.2 Å². The van der Waals surface area contributed by atoms with Crippen molar-refractivity contribution in [2.45, 2.75) is 32.7 Å². The number of benzene rings is 1. The van der Waals surface area contributed by atoms with Crippen molar-refractivity contribution in [2.24, 2.45) is 0 Å². The van der Waals surface area contributed by atoms with Crippen molar-refractivity contribution >= 4 is 11.6 Å². The summed E-state index contributed by atoms with van der Waals surface area (Å²) in [5.41, 5.74) is 2.00. The van der Waals surface area contributed by atoms with E-state index in [0.29, 0.717) is 0 Å². The molecule has 2 rings (SSSR count). The quantitative estimate of drug-likeness (QED) is 0.873. The monoisotopic (exact) mass is 250 g/mol. The number of halogens is 1. The van der Waals surface area contributed by atoms with Crippen molar-refractivity contribution in [2.75, 3.05) is 18.0 Å². The molecular weight excluding hydrogens is 231 g/mol. The van der Waals surface area contributed by atoms with Gasteiger partial charge in [0.05, 0.1) is 0 Å². The lowest BCUT2D eigenvalue weighted by molar-refractivity contribution is -0.119. The minimum absolute atomic E-state index is 0.0117. The van der Waals surface area contributed by atoms with Crippen molar-refractivity contribution in [1.29, 1.82) is 0 Å². The molecule has 0 aliphatic carbocycles. The van der Waals surface area contributed by atoms with Crippen LogP contribution < -0.4 is 10.2 Å². The summed E-state index contributed by atoms with van der Waals surface area (Å²) in [5, 5.41) is 2.96. The number of anilines is 1. The molecule has 98 valence electrons. The highest BCUT2D eigenvalue weighted by Gasteiger charge is 2.21. The molecule has 1 heterocycles. The average Bonchev–Trinajstić information content (AvgIpc) is 2.28. The smallest absolute Gasteiger partial charge is 0.217 e. The number of hydrogen-bond donors (Lipinski definition) is 1. The van der Waals surface area contributed by atoms with Gasteiger partial charge in [0.15, 0.2) is 0 Å². The molecule has 1 atom stereocenters. The van der Waals surface area contributed by atoms with Crippen LogP contribution in [-0.4, -0.2) is 25.0 Å². The van der Waals surface area contributed by atoms with Crippen molar-refractivity contribution in [3.63, 3.8) is 0 Å². The Bertz CT molecular complexity index is 447. The first-order chi connectivity index (χ1) is 8.56. The number of carbonyl (C=O) groups excluding carboxylic acids is 1. The van der Waals surface area contributed by atoms with Gasteiger partial charge in [-0.1, -0.05) is 0 Å². The fraction of sp³-hybridized carbons (Fsp3) is 0.500. The average molecular weight is 250 g/mol. The molecule has 1 fully saturated rings. The molecule has 1 aromatic carbocycles. The van der Waals surface area contributed by atoms with E-state index in [-0.39, 0.29) is 17.8 Å². The standard InChI is InChI=1S/C14H19FN2O/c1-10-8-12(15)5-6-14(10)17-7-3-4-13(9-17)16-11(2)18/h5-6,8,13H,3-4,7,9H2,1-2H3,(H,16,18). The minimum Gasteiger partial charge on any atom is -0.369 e. The maximum Gasteiger partial charge on any atom is 0.217 e. The third-order valence-electron chi connectivity index (χ3n) is 3.33. The van der Waals surface area contributed by atoms with Gasteiger partial charge in [-0.2, -0.15) is 0 Å². The molecule has 1 N–H and O–H groups in total. The third kappa shape index (κ3) is 3.00. The summed E-state index contributed by atoms with van der Waals surface area (Å²) in [5.74, 6) is -0.190. The highest BCUT2D eigenvalue weighted by atomic mass is 19.1. The molecule has 0 bridgehead atoms. The fourth-order valence-corrected chi connectivity index (χ4v) is 2.57. The molecule has 4 heteroatoms. The van der Waals surface area contributed by atoms with E-state index in [4.69, 9.17) is 0 Å². The Hall–Kier alpha value is -1.58. The molecule has 0 radical (unpaired) electrons. The number of nitrogens with one attached hydrogen (secondary N) is 1. The van der Waals surface area contributed by atoms with Gasteiger partial charge in [-0.3, -0.25) is 4.79 Å². The summed E-state index contributed by atoms with van der Waals surface area (Å²) in [6.45, 7) is 5.22. The Balaban J connectivity index is 2.10. The minimum atomic E-state index is -0.202. The first kappa shape index (κ1) is 12.9. The van der Waals surface area contributed by atoms with E-state index in [1.807, 2.05) is 13.0 Å². The van der Waals surface area contributed by atoms with Crippen LogP contribution in [0.1, 0.15) is 25.3 Å². The summed E-state index contributed by atoms with van der Waals surface area (Å²) < 4.78 is 13.1. The number of amides is 1. The molecule has 0 spiro atoms. The van der Waals surface area contributed by atoms with Gasteiger partial charge in [-0.25, -0.2) is 4.39 Å². The van der Waals surface area contributed by atoms with Crippen LogP contribution in [0.5, 0.6) is 0 Å². The first-order valence-corrected chi connectivity index (χ1v) is 6.34. The molecule has 1 aromatic rings. The van der Waals surface area contributed by atoms with Gasteiger partial charge in [0.1, 0.15) is 5.82 Å². The zero-order valence-corrected chi connectivity index (χ0v) is 10.9. The van der Waals surface area contributed by atoms with Gasteiger partial charge >= 0.3 is 0 Å². The number of aryl methyl sites for hydroxylation is 1. The number of nitrogens with zero attached hydrogens (tertiary/aromatic N) is 1. The van der Waals surface area contributed by atoms with Crippen LogP contribution in [0.25, 0.3) is 0 Å². The summed E-state index contributed by atoms with van der Waals surface area (Å²) >= 11 is 0. The largest absolute Gasteiger partial charge is 0.369 e. The Morgan fingerprint density at radius 3 is 2.94 bits per heavy atom. The zero-order valence-electron chi connectivity index (χ0n) is 10.9. The summed E-state index contributed by atoms with van der Waals surface area (Å²) in [4.78, 5) is 13.3. The fourth-order valence-electron chi connectivity index (χ4n) is 2.57. The van der Waals surface area contributed by atoms with Gasteiger partial charge in [0.25, 0.3) is 0 Å². The molecule has 1 aliphatic heterocycles. The molecule has 0 aromatic heterocycles. The van der Waals surface area contributed by atoms with Gasteiger partial charge in [0.2, 0.25) is 5.91 Å². The van der Waals surface area contributed by atoms with Crippen molar-refractivity contribution in [3.8, 4) is 0 Å². The number of carbonyl (C=O) groups is 1. The van der Waals surface area contributed by atoms with E-state index >= 15 is 0 Å². The molecule has 1 aliphatic rings. The van der Waals surface area contributed by atoms with Crippen LogP contribution in [0.2, 0.25) is 0 Å². The van der Waals surface area contributed by atoms with Crippen molar-refractivity contribution < 1.29 is 9.18 Å². The van der Waals surface area contributed by atoms with Gasteiger partial charge in [-0.15, -0.1) is 0 Å². The maximum absolute atomic E-state index is 13.1. The maximum atomic E-state index is 13.1. The number of hydrogen-bond acceptors (Lipinski definition) is 2. The molecular formula is C14H19FN2O. The third-order valence-corrected chi connectivity index (χ3v) is 3.33. The first-order valence-electron chi connectivity index (χ1n) is 6.34. The highest BCUT2D eigenvalue weighted by molar-refractivity contribution is 5.73. The topological polar surface area (TPSA) is 32.3 Å². The van der Waals surface area contributed by atoms with Crippen LogP contribution in [-0.2, 0) is 4.79 Å². The van der Waals surface area contributed by atoms with E-state index in [9.17, 15) is 9.18 Å². The van der Waals surface area contributed by atoms with E-state index in [1.165, 1.54) is 6.07 Å². The van der Waals surface area contributed by atoms with Gasteiger partial charge in [0, 0.05) is 31.7 Å². The second-order valence-corrected chi connectivity index (χ2v) is 4.92. The van der Waals surface area contributed by atoms with Crippen LogP contribution in [0, 0.1) is 12.7 Å². The van der Waals surface area contributed by atoms with Crippen LogP contribution >= 0.6 is 0 Å². The van der Waals surface area contributed by atoms with Gasteiger partial charge in [-0.05, 0) is 43.5 Å². The normalized spacial score (nSPS) is 19.7. The predicted molar refractivity (Wildman–Crippen MR) is 70.2 cm³/mol. The summed E-state index contributed by atoms with van der Waals surface area (Å²) in [6.07, 6.45) is 2.05. The summed E-state index contributed by atoms with van der Waals surface area (Å²) in [6, 6.07) is 5.06. The van der Waals surface area contributed by atoms with E-state index in [1.54, 1.807) is 13.0 Å².